The third kappa shape index (κ3) is 0.970. The highest BCUT2D eigenvalue weighted by atomic mass is 16.5. The van der Waals surface area contributed by atoms with Crippen LogP contribution in [0.5, 0.6) is 0 Å². The zero-order valence-corrected chi connectivity index (χ0v) is 6.27. The monoisotopic (exact) mass is 130 g/mol. The maximum absolute atomic E-state index is 9.52. The highest BCUT2D eigenvalue weighted by Crippen LogP contribution is 2.37. The van der Waals surface area contributed by atoms with Crippen molar-refractivity contribution in [2.45, 2.75) is 26.4 Å². The molecule has 1 fully saturated rings. The van der Waals surface area contributed by atoms with Crippen LogP contribution in [-0.4, -0.2) is 23.9 Å². The molecule has 0 bridgehead atoms. The number of aliphatic hydroxyl groups is 1. The van der Waals surface area contributed by atoms with Gasteiger partial charge in [-0.05, 0) is 13.8 Å². The molecular weight excluding hydrogens is 116 g/mol. The fraction of sp³-hybridized carbons (Fsp3) is 1.00. The van der Waals surface area contributed by atoms with Crippen molar-refractivity contribution in [2.24, 2.45) is 5.41 Å². The van der Waals surface area contributed by atoms with Crippen molar-refractivity contribution in [1.29, 1.82) is 0 Å². The summed E-state index contributed by atoms with van der Waals surface area (Å²) in [4.78, 5) is 0. The van der Waals surface area contributed by atoms with Crippen molar-refractivity contribution in [3.63, 3.8) is 0 Å². The van der Waals surface area contributed by atoms with Gasteiger partial charge in [0.2, 0.25) is 0 Å². The predicted octanol–water partition coefficient (Wildman–Crippen LogP) is 0.794. The molecule has 0 atom stereocenters. The second-order valence-electron chi connectivity index (χ2n) is 3.61. The first-order valence-corrected chi connectivity index (χ1v) is 3.26. The van der Waals surface area contributed by atoms with Gasteiger partial charge in [-0.3, -0.25) is 0 Å². The summed E-state index contributed by atoms with van der Waals surface area (Å²) in [7, 11) is 0. The molecule has 0 aromatic carbocycles. The van der Waals surface area contributed by atoms with Crippen LogP contribution in [0.15, 0.2) is 0 Å². The van der Waals surface area contributed by atoms with E-state index in [1.165, 1.54) is 0 Å². The van der Waals surface area contributed by atoms with Crippen LogP contribution in [0, 0.1) is 5.41 Å². The summed E-state index contributed by atoms with van der Waals surface area (Å²) in [5.41, 5.74) is -0.599. The van der Waals surface area contributed by atoms with Crippen molar-refractivity contribution in [2.75, 3.05) is 13.2 Å². The Kier molecular flexibility index (Phi) is 1.33. The Labute approximate surface area is 55.8 Å². The maximum atomic E-state index is 9.52. The summed E-state index contributed by atoms with van der Waals surface area (Å²) in [5, 5.41) is 9.52. The maximum Gasteiger partial charge on any atom is 0.0689 e. The summed E-state index contributed by atoms with van der Waals surface area (Å²) in [6, 6.07) is 0. The first-order valence-electron chi connectivity index (χ1n) is 3.26. The largest absolute Gasteiger partial charge is 0.390 e. The minimum Gasteiger partial charge on any atom is -0.390 e. The molecule has 0 spiro atoms. The molecule has 0 unspecified atom stereocenters. The summed E-state index contributed by atoms with van der Waals surface area (Å²) < 4.78 is 5.00. The van der Waals surface area contributed by atoms with Gasteiger partial charge in [0, 0.05) is 5.41 Å². The van der Waals surface area contributed by atoms with Crippen molar-refractivity contribution >= 4 is 0 Å². The summed E-state index contributed by atoms with van der Waals surface area (Å²) in [5.74, 6) is 0. The zero-order valence-electron chi connectivity index (χ0n) is 6.27. The molecule has 1 rings (SSSR count). The van der Waals surface area contributed by atoms with E-state index in [0.717, 1.165) is 0 Å². The van der Waals surface area contributed by atoms with Crippen LogP contribution in [-0.2, 0) is 4.74 Å². The van der Waals surface area contributed by atoms with Crippen LogP contribution in [0.3, 0.4) is 0 Å². The van der Waals surface area contributed by atoms with Crippen molar-refractivity contribution in [3.8, 4) is 0 Å². The topological polar surface area (TPSA) is 29.5 Å². The summed E-state index contributed by atoms with van der Waals surface area (Å²) in [6.45, 7) is 7.08. The second-order valence-corrected chi connectivity index (χ2v) is 3.61. The van der Waals surface area contributed by atoms with Gasteiger partial charge in [-0.1, -0.05) is 6.92 Å². The molecule has 0 radical (unpaired) electrons. The molecule has 2 heteroatoms. The molecule has 1 heterocycles. The lowest BCUT2D eigenvalue weighted by atomic mass is 9.74. The molecular formula is C7H14O2. The number of hydrogen-bond donors (Lipinski definition) is 1. The molecule has 0 amide bonds. The van der Waals surface area contributed by atoms with E-state index in [1.54, 1.807) is 0 Å². The van der Waals surface area contributed by atoms with Crippen LogP contribution >= 0.6 is 0 Å². The average Bonchev–Trinajstić information content (AvgIpc) is 1.57. The van der Waals surface area contributed by atoms with Crippen LogP contribution in [0.1, 0.15) is 20.8 Å². The lowest BCUT2D eigenvalue weighted by molar-refractivity contribution is -0.197. The first kappa shape index (κ1) is 7.03. The van der Waals surface area contributed by atoms with Crippen LogP contribution < -0.4 is 0 Å². The molecule has 1 N–H and O–H groups in total. The normalized spacial score (nSPS) is 25.3. The van der Waals surface area contributed by atoms with Crippen LogP contribution in [0.25, 0.3) is 0 Å². The van der Waals surface area contributed by atoms with Gasteiger partial charge in [-0.25, -0.2) is 0 Å². The lowest BCUT2D eigenvalue weighted by Crippen LogP contribution is -2.54. The van der Waals surface area contributed by atoms with Crippen LogP contribution in [0.4, 0.5) is 0 Å². The smallest absolute Gasteiger partial charge is 0.0689 e. The van der Waals surface area contributed by atoms with Gasteiger partial charge in [-0.15, -0.1) is 0 Å². The van der Waals surface area contributed by atoms with E-state index in [9.17, 15) is 5.11 Å². The van der Waals surface area contributed by atoms with E-state index in [2.05, 4.69) is 0 Å². The number of rotatable bonds is 1. The third-order valence-electron chi connectivity index (χ3n) is 2.32. The molecule has 0 aromatic heterocycles. The second kappa shape index (κ2) is 1.70. The highest BCUT2D eigenvalue weighted by molar-refractivity contribution is 4.94. The number of hydrogen-bond acceptors (Lipinski definition) is 2. The summed E-state index contributed by atoms with van der Waals surface area (Å²) >= 11 is 0. The van der Waals surface area contributed by atoms with E-state index in [4.69, 9.17) is 4.74 Å². The molecule has 1 aliphatic rings. The van der Waals surface area contributed by atoms with E-state index in [0.29, 0.717) is 13.2 Å². The third-order valence-corrected chi connectivity index (χ3v) is 2.32. The van der Waals surface area contributed by atoms with Crippen molar-refractivity contribution in [3.05, 3.63) is 0 Å². The Morgan fingerprint density at radius 3 is 1.89 bits per heavy atom. The standard InChI is InChI=1S/C7H14O2/c1-6(2,8)7(3)4-9-5-7/h8H,4-5H2,1-3H3. The molecule has 1 aliphatic heterocycles. The molecule has 1 saturated heterocycles. The van der Waals surface area contributed by atoms with Crippen molar-refractivity contribution < 1.29 is 9.84 Å². The molecule has 9 heavy (non-hydrogen) atoms. The molecule has 0 aromatic rings. The SMILES string of the molecule is CC(C)(O)C1(C)COC1. The highest BCUT2D eigenvalue weighted by Gasteiger charge is 2.45. The molecule has 0 aliphatic carbocycles. The van der Waals surface area contributed by atoms with E-state index >= 15 is 0 Å². The Bertz CT molecular complexity index is 109. The van der Waals surface area contributed by atoms with Crippen molar-refractivity contribution in [1.82, 2.24) is 0 Å². The fourth-order valence-corrected chi connectivity index (χ4v) is 0.761. The molecule has 0 saturated carbocycles. The van der Waals surface area contributed by atoms with E-state index < -0.39 is 5.60 Å². The van der Waals surface area contributed by atoms with E-state index in [-0.39, 0.29) is 5.41 Å². The predicted molar refractivity (Wildman–Crippen MR) is 35.2 cm³/mol. The summed E-state index contributed by atoms with van der Waals surface area (Å²) in [6.07, 6.45) is 0. The van der Waals surface area contributed by atoms with Crippen LogP contribution in [0.2, 0.25) is 0 Å². The lowest BCUT2D eigenvalue weighted by Gasteiger charge is -2.46. The first-order chi connectivity index (χ1) is 3.96. The Hall–Kier alpha value is -0.0800. The van der Waals surface area contributed by atoms with Gasteiger partial charge < -0.3 is 9.84 Å². The van der Waals surface area contributed by atoms with Gasteiger partial charge in [0.05, 0.1) is 18.8 Å². The minimum absolute atomic E-state index is 0.00694. The van der Waals surface area contributed by atoms with Gasteiger partial charge in [0.25, 0.3) is 0 Å². The Morgan fingerprint density at radius 1 is 1.44 bits per heavy atom. The van der Waals surface area contributed by atoms with Gasteiger partial charge >= 0.3 is 0 Å². The Balaban J connectivity index is 2.59. The fourth-order valence-electron chi connectivity index (χ4n) is 0.761. The number of ether oxygens (including phenoxy) is 1. The average molecular weight is 130 g/mol. The molecule has 2 nitrogen and oxygen atoms in total. The zero-order chi connectivity index (χ0) is 7.12. The van der Waals surface area contributed by atoms with Gasteiger partial charge in [-0.2, -0.15) is 0 Å². The molecule has 54 valence electrons. The minimum atomic E-state index is -0.592. The Morgan fingerprint density at radius 2 is 1.89 bits per heavy atom. The van der Waals surface area contributed by atoms with E-state index in [1.807, 2.05) is 20.8 Å². The van der Waals surface area contributed by atoms with Gasteiger partial charge in [0.1, 0.15) is 0 Å². The quantitative estimate of drug-likeness (QED) is 0.568. The van der Waals surface area contributed by atoms with Gasteiger partial charge in [0.15, 0.2) is 0 Å².